The predicted molar refractivity (Wildman–Crippen MR) is 108 cm³/mol. The van der Waals surface area contributed by atoms with Crippen LogP contribution in [0.25, 0.3) is 10.2 Å². The number of esters is 1. The number of benzene rings is 2. The fourth-order valence-electron chi connectivity index (χ4n) is 2.84. The van der Waals surface area contributed by atoms with Crippen molar-refractivity contribution < 1.29 is 23.8 Å². The highest BCUT2D eigenvalue weighted by atomic mass is 32.1. The van der Waals surface area contributed by atoms with E-state index in [1.807, 2.05) is 26.0 Å². The third-order valence-corrected chi connectivity index (χ3v) is 4.95. The maximum absolute atomic E-state index is 12.3. The van der Waals surface area contributed by atoms with Gasteiger partial charge in [-0.25, -0.2) is 9.78 Å². The number of thiazole rings is 1. The number of methoxy groups -OCH3 is 2. The summed E-state index contributed by atoms with van der Waals surface area (Å²) >= 11 is 1.38. The zero-order valence-corrected chi connectivity index (χ0v) is 16.8. The molecule has 0 saturated carbocycles. The molecule has 146 valence electrons. The van der Waals surface area contributed by atoms with E-state index in [0.29, 0.717) is 10.9 Å². The van der Waals surface area contributed by atoms with Crippen LogP contribution in [0.3, 0.4) is 0 Å². The minimum atomic E-state index is -0.679. The van der Waals surface area contributed by atoms with E-state index in [1.54, 1.807) is 18.2 Å². The number of hydrogen-bond acceptors (Lipinski definition) is 7. The van der Waals surface area contributed by atoms with Gasteiger partial charge in [0.1, 0.15) is 5.56 Å². The fraction of sp³-hybridized carbons (Fsp3) is 0.250. The molecule has 0 unspecified atom stereocenters. The second-order valence-corrected chi connectivity index (χ2v) is 7.14. The summed E-state index contributed by atoms with van der Waals surface area (Å²) in [4.78, 5) is 28.9. The molecule has 7 nitrogen and oxygen atoms in total. The Morgan fingerprint density at radius 2 is 1.93 bits per heavy atom. The first-order valence-corrected chi connectivity index (χ1v) is 9.30. The molecule has 0 aliphatic rings. The van der Waals surface area contributed by atoms with Crippen LogP contribution in [0.4, 0.5) is 5.13 Å². The highest BCUT2D eigenvalue weighted by molar-refractivity contribution is 7.22. The average Bonchev–Trinajstić information content (AvgIpc) is 3.07. The molecule has 0 aliphatic carbocycles. The maximum Gasteiger partial charge on any atom is 0.342 e. The molecular formula is C20H20N2O5S. The Morgan fingerprint density at radius 3 is 2.64 bits per heavy atom. The lowest BCUT2D eigenvalue weighted by Gasteiger charge is -2.11. The maximum atomic E-state index is 12.3. The molecule has 8 heteroatoms. The summed E-state index contributed by atoms with van der Waals surface area (Å²) in [6, 6.07) is 8.91. The first-order valence-electron chi connectivity index (χ1n) is 8.48. The van der Waals surface area contributed by atoms with Crippen LogP contribution in [0.15, 0.2) is 30.3 Å². The Morgan fingerprint density at radius 1 is 1.14 bits per heavy atom. The van der Waals surface area contributed by atoms with Gasteiger partial charge in [0.2, 0.25) is 0 Å². The number of anilines is 1. The van der Waals surface area contributed by atoms with Crippen LogP contribution in [0, 0.1) is 13.8 Å². The molecule has 3 aromatic rings. The first-order chi connectivity index (χ1) is 13.4. The molecule has 1 heterocycles. The zero-order chi connectivity index (χ0) is 20.3. The highest BCUT2D eigenvalue weighted by Gasteiger charge is 2.19. The van der Waals surface area contributed by atoms with Crippen molar-refractivity contribution in [1.29, 1.82) is 0 Å². The molecule has 28 heavy (non-hydrogen) atoms. The van der Waals surface area contributed by atoms with Crippen molar-refractivity contribution in [1.82, 2.24) is 4.98 Å². The fourth-order valence-corrected chi connectivity index (χ4v) is 3.89. The zero-order valence-electron chi connectivity index (χ0n) is 16.0. The molecule has 1 aromatic heterocycles. The lowest BCUT2D eigenvalue weighted by Crippen LogP contribution is -2.21. The number of rotatable bonds is 6. The molecule has 0 aliphatic heterocycles. The Labute approximate surface area is 166 Å². The molecular weight excluding hydrogens is 380 g/mol. The van der Waals surface area contributed by atoms with Crippen LogP contribution >= 0.6 is 11.3 Å². The summed E-state index contributed by atoms with van der Waals surface area (Å²) in [7, 11) is 2.90. The number of aryl methyl sites for hydroxylation is 2. The van der Waals surface area contributed by atoms with E-state index in [-0.39, 0.29) is 11.3 Å². The molecule has 0 saturated heterocycles. The smallest absolute Gasteiger partial charge is 0.342 e. The van der Waals surface area contributed by atoms with E-state index < -0.39 is 18.5 Å². The largest absolute Gasteiger partial charge is 0.493 e. The van der Waals surface area contributed by atoms with Gasteiger partial charge in [0.25, 0.3) is 5.91 Å². The summed E-state index contributed by atoms with van der Waals surface area (Å²) in [6.45, 7) is 3.55. The van der Waals surface area contributed by atoms with E-state index in [0.717, 1.165) is 21.3 Å². The molecule has 1 amide bonds. The van der Waals surface area contributed by atoms with Crippen molar-refractivity contribution in [3.63, 3.8) is 0 Å². The average molecular weight is 400 g/mol. The van der Waals surface area contributed by atoms with Crippen LogP contribution in [-0.2, 0) is 9.53 Å². The third kappa shape index (κ3) is 4.07. The summed E-state index contributed by atoms with van der Waals surface area (Å²) in [5.74, 6) is -0.487. The lowest BCUT2D eigenvalue weighted by molar-refractivity contribution is -0.119. The van der Waals surface area contributed by atoms with Gasteiger partial charge in [-0.3, -0.25) is 10.1 Å². The minimum absolute atomic E-state index is 0.181. The van der Waals surface area contributed by atoms with Crippen molar-refractivity contribution in [2.24, 2.45) is 0 Å². The molecule has 0 radical (unpaired) electrons. The van der Waals surface area contributed by atoms with Gasteiger partial charge in [-0.2, -0.15) is 0 Å². The second-order valence-electron chi connectivity index (χ2n) is 6.11. The number of nitrogens with one attached hydrogen (secondary N) is 1. The predicted octanol–water partition coefficient (Wildman–Crippen LogP) is 3.73. The van der Waals surface area contributed by atoms with Gasteiger partial charge in [-0.15, -0.1) is 0 Å². The van der Waals surface area contributed by atoms with E-state index in [1.165, 1.54) is 25.6 Å². The van der Waals surface area contributed by atoms with Crippen LogP contribution in [0.5, 0.6) is 11.5 Å². The van der Waals surface area contributed by atoms with Gasteiger partial charge in [-0.1, -0.05) is 23.5 Å². The van der Waals surface area contributed by atoms with E-state index in [9.17, 15) is 9.59 Å². The van der Waals surface area contributed by atoms with Gasteiger partial charge in [0.05, 0.1) is 24.4 Å². The molecule has 0 fully saturated rings. The van der Waals surface area contributed by atoms with Crippen LogP contribution in [0.2, 0.25) is 0 Å². The molecule has 0 bridgehead atoms. The Hall–Kier alpha value is -3.13. The van der Waals surface area contributed by atoms with Gasteiger partial charge >= 0.3 is 5.97 Å². The number of carbonyl (C=O) groups is 2. The second kappa shape index (κ2) is 8.26. The number of nitrogens with zero attached hydrogens (tertiary/aromatic N) is 1. The molecule has 2 aromatic carbocycles. The van der Waals surface area contributed by atoms with Gasteiger partial charge in [-0.05, 0) is 43.2 Å². The van der Waals surface area contributed by atoms with Crippen molar-refractivity contribution in [2.45, 2.75) is 13.8 Å². The number of carbonyl (C=O) groups excluding carboxylic acids is 2. The molecule has 0 atom stereocenters. The number of hydrogen-bond donors (Lipinski definition) is 1. The summed E-state index contributed by atoms with van der Waals surface area (Å²) < 4.78 is 16.5. The normalized spacial score (nSPS) is 10.6. The Bertz CT molecular complexity index is 1040. The van der Waals surface area contributed by atoms with Crippen molar-refractivity contribution in [3.8, 4) is 11.5 Å². The number of amides is 1. The molecule has 3 rings (SSSR count). The SMILES string of the molecule is COc1cccc(C(=O)OCC(=O)Nc2nc3c(C)cc(C)cc3s2)c1OC. The monoisotopic (exact) mass is 400 g/mol. The van der Waals surface area contributed by atoms with Crippen molar-refractivity contribution in [2.75, 3.05) is 26.1 Å². The number of aromatic nitrogens is 1. The summed E-state index contributed by atoms with van der Waals surface area (Å²) in [5.41, 5.74) is 3.21. The molecule has 0 spiro atoms. The van der Waals surface area contributed by atoms with Gasteiger partial charge in [0.15, 0.2) is 23.2 Å². The topological polar surface area (TPSA) is 86.8 Å². The van der Waals surface area contributed by atoms with Gasteiger partial charge < -0.3 is 14.2 Å². The number of ether oxygens (including phenoxy) is 3. The minimum Gasteiger partial charge on any atom is -0.493 e. The quantitative estimate of drug-likeness (QED) is 0.635. The third-order valence-electron chi connectivity index (χ3n) is 4.03. The Kier molecular flexibility index (Phi) is 5.79. The van der Waals surface area contributed by atoms with E-state index >= 15 is 0 Å². The first kappa shape index (κ1) is 19.6. The lowest BCUT2D eigenvalue weighted by atomic mass is 10.1. The van der Waals surface area contributed by atoms with Gasteiger partial charge in [0, 0.05) is 0 Å². The summed E-state index contributed by atoms with van der Waals surface area (Å²) in [5, 5.41) is 3.13. The van der Waals surface area contributed by atoms with Crippen LogP contribution in [-0.4, -0.2) is 37.7 Å². The highest BCUT2D eigenvalue weighted by Crippen LogP contribution is 2.31. The number of para-hydroxylation sites is 1. The van der Waals surface area contributed by atoms with E-state index in [4.69, 9.17) is 14.2 Å². The van der Waals surface area contributed by atoms with E-state index in [2.05, 4.69) is 10.3 Å². The van der Waals surface area contributed by atoms with Crippen LogP contribution in [0.1, 0.15) is 21.5 Å². The summed E-state index contributed by atoms with van der Waals surface area (Å²) in [6.07, 6.45) is 0. The Balaban J connectivity index is 1.66. The molecule has 1 N–H and O–H groups in total. The van der Waals surface area contributed by atoms with Crippen LogP contribution < -0.4 is 14.8 Å². The standard InChI is InChI=1S/C20H20N2O5S/c1-11-8-12(2)17-15(9-11)28-20(22-17)21-16(23)10-27-19(24)13-6-5-7-14(25-3)18(13)26-4/h5-9H,10H2,1-4H3,(H,21,22,23). The van der Waals surface area contributed by atoms with Crippen molar-refractivity contribution >= 4 is 38.6 Å². The van der Waals surface area contributed by atoms with Crippen molar-refractivity contribution in [3.05, 3.63) is 47.0 Å². The number of fused-ring (bicyclic) bond motifs is 1.